The summed E-state index contributed by atoms with van der Waals surface area (Å²) in [4.78, 5) is 0. The molecule has 8 atom stereocenters. The Bertz CT molecular complexity index is 449. The molecule has 2 heterocycles. The van der Waals surface area contributed by atoms with Crippen LogP contribution >= 0.6 is 0 Å². The van der Waals surface area contributed by atoms with Gasteiger partial charge in [0.25, 0.3) is 0 Å². The number of fused-ring (bicyclic) bond motifs is 2. The first-order chi connectivity index (χ1) is 12.7. The molecule has 3 aliphatic carbocycles. The van der Waals surface area contributed by atoms with Gasteiger partial charge in [-0.05, 0) is 76.0 Å². The molecule has 0 radical (unpaired) electrons. The summed E-state index contributed by atoms with van der Waals surface area (Å²) >= 11 is 0. The van der Waals surface area contributed by atoms with Crippen molar-refractivity contribution in [2.45, 2.75) is 113 Å². The Kier molecular flexibility index (Phi) is 5.01. The number of hydrogen-bond donors (Lipinski definition) is 6. The molecule has 0 aromatic carbocycles. The summed E-state index contributed by atoms with van der Waals surface area (Å²) in [5.74, 6) is 1.57. The van der Waals surface area contributed by atoms with Gasteiger partial charge in [0.1, 0.15) is 0 Å². The van der Waals surface area contributed by atoms with Crippen LogP contribution in [0.3, 0.4) is 0 Å². The minimum Gasteiger partial charge on any atom is -0.328 e. The molecule has 26 heavy (non-hydrogen) atoms. The molecule has 5 fully saturated rings. The molecule has 3 saturated carbocycles. The lowest BCUT2D eigenvalue weighted by Gasteiger charge is -2.35. The summed E-state index contributed by atoms with van der Waals surface area (Å²) in [6.07, 6.45) is 13.5. The highest BCUT2D eigenvalue weighted by atomic mass is 15.3. The molecule has 6 heteroatoms. The van der Waals surface area contributed by atoms with Gasteiger partial charge >= 0.3 is 0 Å². The van der Waals surface area contributed by atoms with Gasteiger partial charge in [-0.3, -0.25) is 21.3 Å². The van der Waals surface area contributed by atoms with Gasteiger partial charge < -0.3 is 11.5 Å². The fraction of sp³-hybridized carbons (Fsp3) is 1.00. The Morgan fingerprint density at radius 3 is 1.27 bits per heavy atom. The van der Waals surface area contributed by atoms with Crippen LogP contribution in [-0.2, 0) is 0 Å². The van der Waals surface area contributed by atoms with Gasteiger partial charge in [0.05, 0.1) is 12.3 Å². The van der Waals surface area contributed by atoms with Crippen LogP contribution in [0.5, 0.6) is 0 Å². The van der Waals surface area contributed by atoms with Crippen molar-refractivity contribution in [1.82, 2.24) is 21.3 Å². The zero-order valence-corrected chi connectivity index (χ0v) is 16.0. The SMILES string of the molecule is NC1CCC2NC(C3CCC(C4NC5CCC(N)CC5N4)CC3)NC2C1. The Hall–Kier alpha value is -0.240. The van der Waals surface area contributed by atoms with Gasteiger partial charge in [-0.2, -0.15) is 0 Å². The van der Waals surface area contributed by atoms with Gasteiger partial charge in [0.15, 0.2) is 0 Å². The van der Waals surface area contributed by atoms with Crippen molar-refractivity contribution in [3.8, 4) is 0 Å². The molecule has 0 bridgehead atoms. The van der Waals surface area contributed by atoms with Crippen LogP contribution in [0.4, 0.5) is 0 Å². The van der Waals surface area contributed by atoms with Gasteiger partial charge in [-0.25, -0.2) is 0 Å². The van der Waals surface area contributed by atoms with Crippen LogP contribution in [0.1, 0.15) is 64.2 Å². The average Bonchev–Trinajstić information content (AvgIpc) is 3.25. The lowest BCUT2D eigenvalue weighted by molar-refractivity contribution is 0.181. The summed E-state index contributed by atoms with van der Waals surface area (Å²) in [6, 6.07) is 3.32. The van der Waals surface area contributed by atoms with Gasteiger partial charge in [0.2, 0.25) is 0 Å². The fourth-order valence-corrected chi connectivity index (χ4v) is 6.55. The van der Waals surface area contributed by atoms with Crippen molar-refractivity contribution in [1.29, 1.82) is 0 Å². The van der Waals surface area contributed by atoms with E-state index in [1.165, 1.54) is 51.4 Å². The molecule has 8 N–H and O–H groups in total. The van der Waals surface area contributed by atoms with Crippen molar-refractivity contribution >= 4 is 0 Å². The van der Waals surface area contributed by atoms with E-state index in [0.717, 1.165) is 24.7 Å². The van der Waals surface area contributed by atoms with Crippen molar-refractivity contribution in [3.63, 3.8) is 0 Å². The Morgan fingerprint density at radius 2 is 0.846 bits per heavy atom. The Labute approximate surface area is 158 Å². The Morgan fingerprint density at radius 1 is 0.462 bits per heavy atom. The van der Waals surface area contributed by atoms with Crippen molar-refractivity contribution < 1.29 is 0 Å². The van der Waals surface area contributed by atoms with Gasteiger partial charge in [-0.1, -0.05) is 0 Å². The topological polar surface area (TPSA) is 100 Å². The van der Waals surface area contributed by atoms with Crippen LogP contribution < -0.4 is 32.7 Å². The maximum absolute atomic E-state index is 6.17. The second-order valence-corrected chi connectivity index (χ2v) is 9.87. The molecule has 2 aliphatic heterocycles. The summed E-state index contributed by atoms with van der Waals surface area (Å²) in [7, 11) is 0. The number of nitrogens with two attached hydrogens (primary N) is 2. The van der Waals surface area contributed by atoms with E-state index in [4.69, 9.17) is 11.5 Å². The molecule has 0 spiro atoms. The molecule has 2 saturated heterocycles. The molecule has 5 rings (SSSR count). The van der Waals surface area contributed by atoms with Gasteiger partial charge in [0, 0.05) is 36.3 Å². The highest BCUT2D eigenvalue weighted by molar-refractivity contribution is 5.03. The quantitative estimate of drug-likeness (QED) is 0.423. The predicted octanol–water partition coefficient (Wildman–Crippen LogP) is 0.327. The van der Waals surface area contributed by atoms with Crippen LogP contribution in [0, 0.1) is 11.8 Å². The van der Waals surface area contributed by atoms with Crippen molar-refractivity contribution in [2.24, 2.45) is 23.3 Å². The molecule has 8 unspecified atom stereocenters. The molecular weight excluding hydrogens is 324 g/mol. The lowest BCUT2D eigenvalue weighted by atomic mass is 9.79. The van der Waals surface area contributed by atoms with E-state index in [1.54, 1.807) is 0 Å². The lowest BCUT2D eigenvalue weighted by Crippen LogP contribution is -2.46. The van der Waals surface area contributed by atoms with Crippen LogP contribution in [-0.4, -0.2) is 48.6 Å². The molecular formula is C20H38N6. The standard InChI is InChI=1S/C20H38N6/c21-13-5-7-15-17(9-13)25-19(23-15)11-1-2-12(4-3-11)20-24-16-8-6-14(22)10-18(16)26-20/h11-20,23-26H,1-10,21-22H2. The van der Waals surface area contributed by atoms with E-state index in [-0.39, 0.29) is 0 Å². The maximum atomic E-state index is 6.17. The zero-order chi connectivity index (χ0) is 17.7. The van der Waals surface area contributed by atoms with E-state index in [1.807, 2.05) is 0 Å². The van der Waals surface area contributed by atoms with Crippen molar-refractivity contribution in [3.05, 3.63) is 0 Å². The van der Waals surface area contributed by atoms with E-state index >= 15 is 0 Å². The molecule has 6 nitrogen and oxygen atoms in total. The first kappa shape index (κ1) is 17.8. The van der Waals surface area contributed by atoms with E-state index in [2.05, 4.69) is 21.3 Å². The monoisotopic (exact) mass is 362 g/mol. The smallest absolute Gasteiger partial charge is 0.0606 e. The Balaban J connectivity index is 1.12. The number of rotatable bonds is 2. The van der Waals surface area contributed by atoms with E-state index in [9.17, 15) is 0 Å². The maximum Gasteiger partial charge on any atom is 0.0606 e. The molecule has 0 aromatic heterocycles. The van der Waals surface area contributed by atoms with Crippen LogP contribution in [0.25, 0.3) is 0 Å². The van der Waals surface area contributed by atoms with Crippen LogP contribution in [0.15, 0.2) is 0 Å². The summed E-state index contributed by atoms with van der Waals surface area (Å²) in [6.45, 7) is 0. The van der Waals surface area contributed by atoms with E-state index in [0.29, 0.717) is 48.6 Å². The second kappa shape index (κ2) is 7.30. The van der Waals surface area contributed by atoms with Crippen LogP contribution in [0.2, 0.25) is 0 Å². The summed E-state index contributed by atoms with van der Waals surface area (Å²) < 4.78 is 0. The fourth-order valence-electron chi connectivity index (χ4n) is 6.55. The minimum atomic E-state index is 0.399. The first-order valence-electron chi connectivity index (χ1n) is 11.2. The number of hydrogen-bond acceptors (Lipinski definition) is 6. The predicted molar refractivity (Wildman–Crippen MR) is 104 cm³/mol. The van der Waals surface area contributed by atoms with Gasteiger partial charge in [-0.15, -0.1) is 0 Å². The molecule has 148 valence electrons. The zero-order valence-electron chi connectivity index (χ0n) is 16.0. The molecule has 0 aromatic rings. The number of nitrogens with one attached hydrogen (secondary N) is 4. The molecule has 0 amide bonds. The largest absolute Gasteiger partial charge is 0.328 e. The third kappa shape index (κ3) is 3.45. The average molecular weight is 363 g/mol. The van der Waals surface area contributed by atoms with Crippen molar-refractivity contribution in [2.75, 3.05) is 0 Å². The first-order valence-corrected chi connectivity index (χ1v) is 11.2. The second-order valence-electron chi connectivity index (χ2n) is 9.87. The molecule has 5 aliphatic rings. The highest BCUT2D eigenvalue weighted by Gasteiger charge is 2.43. The minimum absolute atomic E-state index is 0.399. The highest BCUT2D eigenvalue weighted by Crippen LogP contribution is 2.36. The summed E-state index contributed by atoms with van der Waals surface area (Å²) in [5.41, 5.74) is 12.3. The third-order valence-corrected chi connectivity index (χ3v) is 8.12. The normalized spacial score (nSPS) is 54.7. The summed E-state index contributed by atoms with van der Waals surface area (Å²) in [5, 5.41) is 15.6. The third-order valence-electron chi connectivity index (χ3n) is 8.12. The van der Waals surface area contributed by atoms with E-state index < -0.39 is 0 Å².